The van der Waals surface area contributed by atoms with Crippen LogP contribution in [0.3, 0.4) is 0 Å². The Morgan fingerprint density at radius 2 is 1.57 bits per heavy atom. The highest BCUT2D eigenvalue weighted by Crippen LogP contribution is 2.61. The maximum atomic E-state index is 12.4. The van der Waals surface area contributed by atoms with Crippen LogP contribution >= 0.6 is 0 Å². The zero-order valence-corrected chi connectivity index (χ0v) is 13.6. The smallest absolute Gasteiger partial charge is 0.220 e. The molecule has 5 fully saturated rings. The predicted octanol–water partition coefficient (Wildman–Crippen LogP) is 4.29. The number of hydrogen-bond donors (Lipinski definition) is 1. The molecule has 0 aromatic heterocycles. The van der Waals surface area contributed by atoms with Crippen LogP contribution in [-0.2, 0) is 4.79 Å². The number of rotatable bonds is 4. The summed E-state index contributed by atoms with van der Waals surface area (Å²) >= 11 is 0. The molecule has 2 heteroatoms. The van der Waals surface area contributed by atoms with E-state index in [9.17, 15) is 4.79 Å². The van der Waals surface area contributed by atoms with Gasteiger partial charge in [-0.25, -0.2) is 0 Å². The molecule has 5 aliphatic rings. The SMILES string of the molecule is CC(NC(=O)CC1CCCC1)C12CC3CC(CC(C3)C1)C2. The molecular formula is C19H31NO. The van der Waals surface area contributed by atoms with Gasteiger partial charge in [0, 0.05) is 12.5 Å². The van der Waals surface area contributed by atoms with Crippen LogP contribution < -0.4 is 5.32 Å². The molecular weight excluding hydrogens is 258 g/mol. The van der Waals surface area contributed by atoms with E-state index in [1.807, 2.05) is 0 Å². The van der Waals surface area contributed by atoms with Gasteiger partial charge >= 0.3 is 0 Å². The van der Waals surface area contributed by atoms with Crippen LogP contribution in [-0.4, -0.2) is 11.9 Å². The second-order valence-corrected chi connectivity index (χ2v) is 8.92. The van der Waals surface area contributed by atoms with E-state index in [0.29, 0.717) is 23.3 Å². The Hall–Kier alpha value is -0.530. The molecule has 5 saturated carbocycles. The second kappa shape index (κ2) is 5.28. The van der Waals surface area contributed by atoms with E-state index in [0.717, 1.165) is 24.2 Å². The van der Waals surface area contributed by atoms with E-state index in [1.165, 1.54) is 64.2 Å². The van der Waals surface area contributed by atoms with Crippen molar-refractivity contribution in [3.05, 3.63) is 0 Å². The first-order valence-corrected chi connectivity index (χ1v) is 9.42. The van der Waals surface area contributed by atoms with Gasteiger partial charge in [-0.15, -0.1) is 0 Å². The fourth-order valence-corrected chi connectivity index (χ4v) is 6.64. The second-order valence-electron chi connectivity index (χ2n) is 8.92. The van der Waals surface area contributed by atoms with Crippen molar-refractivity contribution >= 4 is 5.91 Å². The van der Waals surface area contributed by atoms with Gasteiger partial charge in [0.15, 0.2) is 0 Å². The zero-order chi connectivity index (χ0) is 14.4. The van der Waals surface area contributed by atoms with Gasteiger partial charge in [-0.1, -0.05) is 12.8 Å². The quantitative estimate of drug-likeness (QED) is 0.822. The summed E-state index contributed by atoms with van der Waals surface area (Å²) in [6.07, 6.45) is 14.7. The Morgan fingerprint density at radius 1 is 1.05 bits per heavy atom. The molecule has 5 aliphatic carbocycles. The van der Waals surface area contributed by atoms with Crippen molar-refractivity contribution in [2.45, 2.75) is 83.6 Å². The molecule has 4 bridgehead atoms. The lowest BCUT2D eigenvalue weighted by molar-refractivity contribution is -0.126. The van der Waals surface area contributed by atoms with Crippen LogP contribution in [0.25, 0.3) is 0 Å². The van der Waals surface area contributed by atoms with Crippen molar-refractivity contribution in [3.63, 3.8) is 0 Å². The number of hydrogen-bond acceptors (Lipinski definition) is 1. The van der Waals surface area contributed by atoms with Crippen molar-refractivity contribution in [3.8, 4) is 0 Å². The van der Waals surface area contributed by atoms with Gasteiger partial charge in [-0.05, 0) is 87.4 Å². The van der Waals surface area contributed by atoms with Gasteiger partial charge in [-0.2, -0.15) is 0 Å². The highest BCUT2D eigenvalue weighted by Gasteiger charge is 2.53. The van der Waals surface area contributed by atoms with Gasteiger partial charge in [0.2, 0.25) is 5.91 Å². The first kappa shape index (κ1) is 14.1. The highest BCUT2D eigenvalue weighted by molar-refractivity contribution is 5.76. The Morgan fingerprint density at radius 3 is 2.10 bits per heavy atom. The van der Waals surface area contributed by atoms with Gasteiger partial charge in [0.1, 0.15) is 0 Å². The van der Waals surface area contributed by atoms with Crippen LogP contribution in [0, 0.1) is 29.1 Å². The van der Waals surface area contributed by atoms with E-state index in [1.54, 1.807) is 0 Å². The minimum Gasteiger partial charge on any atom is -0.353 e. The highest BCUT2D eigenvalue weighted by atomic mass is 16.1. The standard InChI is InChI=1S/C19H31NO/c1-13(20-18(21)9-14-4-2-3-5-14)19-10-15-6-16(11-19)8-17(7-15)12-19/h13-17H,2-12H2,1H3,(H,20,21). The zero-order valence-electron chi connectivity index (χ0n) is 13.6. The molecule has 1 N–H and O–H groups in total. The van der Waals surface area contributed by atoms with Gasteiger partial charge in [0.25, 0.3) is 0 Å². The molecule has 0 saturated heterocycles. The summed E-state index contributed by atoms with van der Waals surface area (Å²) in [7, 11) is 0. The third-order valence-electron chi connectivity index (χ3n) is 7.33. The van der Waals surface area contributed by atoms with E-state index < -0.39 is 0 Å². The lowest BCUT2D eigenvalue weighted by Gasteiger charge is -2.59. The van der Waals surface area contributed by atoms with Crippen molar-refractivity contribution in [2.75, 3.05) is 0 Å². The molecule has 0 heterocycles. The fourth-order valence-electron chi connectivity index (χ4n) is 6.64. The number of carbonyl (C=O) groups excluding carboxylic acids is 1. The number of amides is 1. The van der Waals surface area contributed by atoms with Crippen LogP contribution in [0.1, 0.15) is 77.6 Å². The average molecular weight is 289 g/mol. The molecule has 1 atom stereocenters. The molecule has 0 aromatic rings. The maximum Gasteiger partial charge on any atom is 0.220 e. The Labute approximate surface area is 129 Å². The summed E-state index contributed by atoms with van der Waals surface area (Å²) in [6, 6.07) is 0.403. The number of carbonyl (C=O) groups is 1. The van der Waals surface area contributed by atoms with Gasteiger partial charge in [-0.3, -0.25) is 4.79 Å². The molecule has 0 radical (unpaired) electrons. The van der Waals surface area contributed by atoms with Crippen LogP contribution in [0.5, 0.6) is 0 Å². The predicted molar refractivity (Wildman–Crippen MR) is 84.8 cm³/mol. The lowest BCUT2D eigenvalue weighted by Crippen LogP contribution is -2.55. The Kier molecular flexibility index (Phi) is 3.54. The lowest BCUT2D eigenvalue weighted by atomic mass is 9.48. The Bertz CT molecular complexity index is 375. The molecule has 1 amide bonds. The van der Waals surface area contributed by atoms with Crippen LogP contribution in [0.2, 0.25) is 0 Å². The first-order valence-electron chi connectivity index (χ1n) is 9.42. The fraction of sp³-hybridized carbons (Fsp3) is 0.947. The third-order valence-corrected chi connectivity index (χ3v) is 7.33. The molecule has 0 aromatic carbocycles. The minimum absolute atomic E-state index is 0.338. The van der Waals surface area contributed by atoms with E-state index in [-0.39, 0.29) is 0 Å². The third kappa shape index (κ3) is 2.64. The van der Waals surface area contributed by atoms with Crippen molar-refractivity contribution in [1.29, 1.82) is 0 Å². The molecule has 0 aliphatic heterocycles. The van der Waals surface area contributed by atoms with E-state index in [4.69, 9.17) is 0 Å². The van der Waals surface area contributed by atoms with Crippen molar-refractivity contribution < 1.29 is 4.79 Å². The van der Waals surface area contributed by atoms with E-state index >= 15 is 0 Å². The van der Waals surface area contributed by atoms with Crippen LogP contribution in [0.15, 0.2) is 0 Å². The maximum absolute atomic E-state index is 12.4. The summed E-state index contributed by atoms with van der Waals surface area (Å²) in [5.74, 6) is 3.94. The summed E-state index contributed by atoms with van der Waals surface area (Å²) in [6.45, 7) is 2.31. The van der Waals surface area contributed by atoms with Gasteiger partial charge < -0.3 is 5.32 Å². The molecule has 1 unspecified atom stereocenters. The molecule has 2 nitrogen and oxygen atoms in total. The monoisotopic (exact) mass is 289 g/mol. The molecule has 118 valence electrons. The average Bonchev–Trinajstić information content (AvgIpc) is 2.89. The molecule has 21 heavy (non-hydrogen) atoms. The normalized spacial score (nSPS) is 43.2. The first-order chi connectivity index (χ1) is 10.1. The Balaban J connectivity index is 1.38. The van der Waals surface area contributed by atoms with Crippen molar-refractivity contribution in [1.82, 2.24) is 5.32 Å². The van der Waals surface area contributed by atoms with E-state index in [2.05, 4.69) is 12.2 Å². The molecule has 5 rings (SSSR count). The number of nitrogens with one attached hydrogen (secondary N) is 1. The summed E-state index contributed by atoms with van der Waals surface area (Å²) in [4.78, 5) is 12.4. The van der Waals surface area contributed by atoms with Crippen LogP contribution in [0.4, 0.5) is 0 Å². The van der Waals surface area contributed by atoms with Crippen molar-refractivity contribution in [2.24, 2.45) is 29.1 Å². The minimum atomic E-state index is 0.338. The largest absolute Gasteiger partial charge is 0.353 e. The molecule has 0 spiro atoms. The summed E-state index contributed by atoms with van der Waals surface area (Å²) < 4.78 is 0. The van der Waals surface area contributed by atoms with Gasteiger partial charge in [0.05, 0.1) is 0 Å². The summed E-state index contributed by atoms with van der Waals surface area (Å²) in [5.41, 5.74) is 0.458. The topological polar surface area (TPSA) is 29.1 Å². The summed E-state index contributed by atoms with van der Waals surface area (Å²) in [5, 5.41) is 3.42.